The van der Waals surface area contributed by atoms with Crippen LogP contribution < -0.4 is 27.0 Å². The van der Waals surface area contributed by atoms with Crippen LogP contribution in [0.3, 0.4) is 0 Å². The lowest BCUT2D eigenvalue weighted by Crippen LogP contribution is -2.58. The number of hydrogen-bond donors (Lipinski definition) is 5. The van der Waals surface area contributed by atoms with Crippen molar-refractivity contribution >= 4 is 46.8 Å². The zero-order chi connectivity index (χ0) is 29.5. The number of nitrogens with two attached hydrogens (primary N) is 2. The minimum Gasteiger partial charge on any atom is -0.394 e. The molecule has 2 atom stereocenters. The Hall–Kier alpha value is -2.90. The zero-order valence-electron chi connectivity index (χ0n) is 23.2. The zero-order valence-corrected chi connectivity index (χ0v) is 24.7. The second kappa shape index (κ2) is 14.3. The minimum atomic E-state index is -0.675. The van der Waals surface area contributed by atoms with Gasteiger partial charge >= 0.3 is 6.03 Å². The molecular formula is C27H39Cl2N9O3. The molecule has 3 amide bonds. The Kier molecular flexibility index (Phi) is 10.8. The predicted octanol–water partition coefficient (Wildman–Crippen LogP) is 1.86. The number of primary amides is 1. The Labute approximate surface area is 250 Å². The van der Waals surface area contributed by atoms with E-state index in [1.807, 2.05) is 24.3 Å². The summed E-state index contributed by atoms with van der Waals surface area (Å²) in [4.78, 5) is 39.0. The average molecular weight is 609 g/mol. The Morgan fingerprint density at radius 2 is 1.76 bits per heavy atom. The van der Waals surface area contributed by atoms with Crippen molar-refractivity contribution in [2.45, 2.75) is 44.3 Å². The Morgan fingerprint density at radius 3 is 2.39 bits per heavy atom. The molecule has 224 valence electrons. The maximum Gasteiger partial charge on any atom is 0.312 e. The number of aliphatic hydroxyl groups is 1. The van der Waals surface area contributed by atoms with Gasteiger partial charge in [0.2, 0.25) is 0 Å². The number of likely N-dealkylation sites (tertiary alicyclic amines) is 1. The molecule has 0 aliphatic carbocycles. The molecule has 2 fully saturated rings. The van der Waals surface area contributed by atoms with Crippen LogP contribution >= 0.6 is 23.2 Å². The first-order valence-electron chi connectivity index (χ1n) is 14.0. The highest BCUT2D eigenvalue weighted by atomic mass is 35.5. The van der Waals surface area contributed by atoms with Gasteiger partial charge in [-0.2, -0.15) is 0 Å². The number of carbonyl (C=O) groups excluding carboxylic acids is 2. The lowest BCUT2D eigenvalue weighted by Gasteiger charge is -2.48. The summed E-state index contributed by atoms with van der Waals surface area (Å²) in [7, 11) is 0. The lowest BCUT2D eigenvalue weighted by atomic mass is 9.96. The summed E-state index contributed by atoms with van der Waals surface area (Å²) in [6.07, 6.45) is 3.00. The molecule has 2 aromatic rings. The van der Waals surface area contributed by atoms with Crippen molar-refractivity contribution in [3.63, 3.8) is 0 Å². The van der Waals surface area contributed by atoms with Crippen molar-refractivity contribution in [1.29, 1.82) is 0 Å². The number of nitrogen functional groups attached to an aromatic ring is 1. The van der Waals surface area contributed by atoms with Crippen LogP contribution in [0.1, 0.15) is 48.3 Å². The third-order valence-corrected chi connectivity index (χ3v) is 8.43. The highest BCUT2D eigenvalue weighted by Gasteiger charge is 2.35. The van der Waals surface area contributed by atoms with Crippen LogP contribution in [0.25, 0.3) is 0 Å². The number of nitrogens with zero attached hydrogens (tertiary/aromatic N) is 5. The van der Waals surface area contributed by atoms with Gasteiger partial charge in [-0.15, -0.1) is 0 Å². The molecule has 2 saturated heterocycles. The third-order valence-electron chi connectivity index (χ3n) is 7.92. The summed E-state index contributed by atoms with van der Waals surface area (Å²) in [6, 6.07) is 7.76. The van der Waals surface area contributed by atoms with Crippen molar-refractivity contribution in [1.82, 2.24) is 30.4 Å². The van der Waals surface area contributed by atoms with Gasteiger partial charge in [0.25, 0.3) is 5.91 Å². The number of piperidine rings is 1. The van der Waals surface area contributed by atoms with E-state index in [1.165, 1.54) is 0 Å². The van der Waals surface area contributed by atoms with Crippen LogP contribution in [0.15, 0.2) is 24.3 Å². The van der Waals surface area contributed by atoms with Crippen LogP contribution in [0, 0.1) is 0 Å². The second-order valence-corrected chi connectivity index (χ2v) is 11.2. The van der Waals surface area contributed by atoms with E-state index in [-0.39, 0.29) is 42.4 Å². The molecule has 2 aliphatic rings. The summed E-state index contributed by atoms with van der Waals surface area (Å²) < 4.78 is 0. The van der Waals surface area contributed by atoms with Gasteiger partial charge in [-0.3, -0.25) is 14.6 Å². The van der Waals surface area contributed by atoms with Crippen molar-refractivity contribution in [2.75, 3.05) is 63.1 Å². The first-order valence-corrected chi connectivity index (χ1v) is 14.7. The van der Waals surface area contributed by atoms with Gasteiger partial charge in [0.05, 0.1) is 12.6 Å². The number of hydrogen-bond acceptors (Lipinski definition) is 9. The van der Waals surface area contributed by atoms with Crippen LogP contribution in [-0.4, -0.2) is 101 Å². The van der Waals surface area contributed by atoms with Gasteiger partial charge in [-0.1, -0.05) is 42.3 Å². The Bertz CT molecular complexity index is 1200. The van der Waals surface area contributed by atoms with Gasteiger partial charge in [0.1, 0.15) is 0 Å². The molecule has 1 aromatic heterocycles. The smallest absolute Gasteiger partial charge is 0.312 e. The first kappa shape index (κ1) is 31.0. The van der Waals surface area contributed by atoms with Gasteiger partial charge in [-0.25, -0.2) is 14.8 Å². The maximum atomic E-state index is 12.5. The number of nitrogens with one attached hydrogen (secondary N) is 2. The third kappa shape index (κ3) is 7.69. The fourth-order valence-electron chi connectivity index (χ4n) is 5.78. The molecule has 3 heterocycles. The molecule has 12 nitrogen and oxygen atoms in total. The molecule has 14 heteroatoms. The molecule has 0 spiro atoms. The van der Waals surface area contributed by atoms with E-state index in [0.29, 0.717) is 29.5 Å². The largest absolute Gasteiger partial charge is 0.394 e. The molecule has 41 heavy (non-hydrogen) atoms. The molecule has 1 unspecified atom stereocenters. The molecule has 0 radical (unpaired) electrons. The molecular weight excluding hydrogens is 569 g/mol. The highest BCUT2D eigenvalue weighted by Crippen LogP contribution is 2.31. The van der Waals surface area contributed by atoms with Gasteiger partial charge < -0.3 is 32.1 Å². The quantitative estimate of drug-likeness (QED) is 0.253. The fourth-order valence-corrected chi connectivity index (χ4v) is 6.16. The molecule has 7 N–H and O–H groups in total. The Morgan fingerprint density at radius 1 is 1.07 bits per heavy atom. The van der Waals surface area contributed by atoms with Gasteiger partial charge in [0, 0.05) is 62.9 Å². The molecule has 0 saturated carbocycles. The molecule has 4 rings (SSSR count). The average Bonchev–Trinajstić information content (AvgIpc) is 2.97. The SMILES string of the molecule is CC[C@H]1CN(c2nc(N)c(C(=O)NCCNC(N)=O)nc2Cl)CCN1C1CCN(C(CO)c2ccc(Cl)cc2)CC1. The van der Waals surface area contributed by atoms with Crippen molar-refractivity contribution < 1.29 is 14.7 Å². The topological polar surface area (TPSA) is 166 Å². The molecule has 2 aliphatic heterocycles. The summed E-state index contributed by atoms with van der Waals surface area (Å²) in [5.74, 6) is -0.0682. The number of urea groups is 1. The van der Waals surface area contributed by atoms with Crippen molar-refractivity contribution in [2.24, 2.45) is 5.73 Å². The molecule has 0 bridgehead atoms. The van der Waals surface area contributed by atoms with E-state index in [9.17, 15) is 14.7 Å². The lowest BCUT2D eigenvalue weighted by molar-refractivity contribution is 0.0356. The van der Waals surface area contributed by atoms with Crippen LogP contribution in [0.4, 0.5) is 16.4 Å². The normalized spacial score (nSPS) is 19.6. The number of carbonyl (C=O) groups is 2. The number of aromatic nitrogens is 2. The number of rotatable bonds is 10. The molecule has 1 aromatic carbocycles. The van der Waals surface area contributed by atoms with E-state index in [2.05, 4.69) is 42.2 Å². The van der Waals surface area contributed by atoms with E-state index < -0.39 is 11.9 Å². The number of piperazine rings is 1. The van der Waals surface area contributed by atoms with Crippen molar-refractivity contribution in [3.05, 3.63) is 45.7 Å². The van der Waals surface area contributed by atoms with E-state index in [0.717, 1.165) is 51.0 Å². The van der Waals surface area contributed by atoms with Crippen LogP contribution in [0.5, 0.6) is 0 Å². The predicted molar refractivity (Wildman–Crippen MR) is 160 cm³/mol. The summed E-state index contributed by atoms with van der Waals surface area (Å²) in [5.41, 5.74) is 12.2. The minimum absolute atomic E-state index is 0.00765. The first-order chi connectivity index (χ1) is 19.7. The number of anilines is 2. The fraction of sp³-hybridized carbons (Fsp3) is 0.556. The second-order valence-electron chi connectivity index (χ2n) is 10.4. The number of amides is 3. The van der Waals surface area contributed by atoms with E-state index in [1.54, 1.807) is 0 Å². The summed E-state index contributed by atoms with van der Waals surface area (Å²) in [5, 5.41) is 15.9. The summed E-state index contributed by atoms with van der Waals surface area (Å²) in [6.45, 7) is 6.67. The number of halogens is 2. The Balaban J connectivity index is 1.35. The van der Waals surface area contributed by atoms with Gasteiger partial charge in [0.15, 0.2) is 22.5 Å². The standard InChI is InChI=1S/C27H39Cl2N9O3/c1-2-19-15-37(25-23(29)34-22(24(30)35-25)26(40)32-9-10-33-27(31)41)13-14-38(19)20-7-11-36(12-8-20)21(16-39)17-3-5-18(28)6-4-17/h3-6,19-21,39H,2,7-16H2,1H3,(H2,30,35)(H,32,40)(H3,31,33,41)/t19-,21?/m0/s1. The highest BCUT2D eigenvalue weighted by molar-refractivity contribution is 6.32. The van der Waals surface area contributed by atoms with Gasteiger partial charge in [-0.05, 0) is 37.0 Å². The van der Waals surface area contributed by atoms with E-state index >= 15 is 0 Å². The number of aliphatic hydroxyl groups excluding tert-OH is 1. The van der Waals surface area contributed by atoms with E-state index in [4.69, 9.17) is 34.7 Å². The van der Waals surface area contributed by atoms with Crippen molar-refractivity contribution in [3.8, 4) is 0 Å². The van der Waals surface area contributed by atoms with Crippen LogP contribution in [0.2, 0.25) is 10.2 Å². The van der Waals surface area contributed by atoms with Crippen LogP contribution in [-0.2, 0) is 0 Å². The number of benzene rings is 1. The maximum absolute atomic E-state index is 12.5. The summed E-state index contributed by atoms with van der Waals surface area (Å²) >= 11 is 12.6. The monoisotopic (exact) mass is 607 g/mol.